The van der Waals surface area contributed by atoms with E-state index < -0.39 is 22.1 Å². The second-order valence-electron chi connectivity index (χ2n) is 3.42. The third-order valence-electron chi connectivity index (χ3n) is 2.25. The molecule has 0 aliphatic carbocycles. The van der Waals surface area contributed by atoms with Crippen molar-refractivity contribution in [3.8, 4) is 11.5 Å². The number of ether oxygens (including phenoxy) is 3. The van der Waals surface area contributed by atoms with Gasteiger partial charge in [-0.25, -0.2) is 4.79 Å². The van der Waals surface area contributed by atoms with Crippen molar-refractivity contribution in [2.75, 3.05) is 27.4 Å². The highest BCUT2D eigenvalue weighted by Crippen LogP contribution is 2.34. The predicted molar refractivity (Wildman–Crippen MR) is 64.0 cm³/mol. The number of methoxy groups -OCH3 is 2. The van der Waals surface area contributed by atoms with Crippen molar-refractivity contribution < 1.29 is 29.0 Å². The summed E-state index contributed by atoms with van der Waals surface area (Å²) in [6, 6.07) is 2.08. The van der Waals surface area contributed by atoms with Crippen LogP contribution in [0.3, 0.4) is 0 Å². The van der Waals surface area contributed by atoms with Crippen LogP contribution in [0.2, 0.25) is 0 Å². The lowest BCUT2D eigenvalue weighted by atomic mass is 10.1. The van der Waals surface area contributed by atoms with Crippen LogP contribution in [0.25, 0.3) is 0 Å². The minimum atomic E-state index is -1.41. The zero-order valence-corrected chi connectivity index (χ0v) is 10.4. The van der Waals surface area contributed by atoms with Gasteiger partial charge in [0.05, 0.1) is 24.7 Å². The van der Waals surface area contributed by atoms with Crippen LogP contribution < -0.4 is 9.47 Å². The summed E-state index contributed by atoms with van der Waals surface area (Å²) in [6.07, 6.45) is 0. The van der Waals surface area contributed by atoms with E-state index in [0.29, 0.717) is 0 Å². The van der Waals surface area contributed by atoms with Crippen molar-refractivity contribution in [2.45, 2.75) is 0 Å². The summed E-state index contributed by atoms with van der Waals surface area (Å²) in [5, 5.41) is 19.7. The van der Waals surface area contributed by atoms with Gasteiger partial charge in [0.2, 0.25) is 0 Å². The number of aromatic carboxylic acids is 1. The van der Waals surface area contributed by atoms with Gasteiger partial charge in [-0.15, -0.1) is 0 Å². The molecule has 19 heavy (non-hydrogen) atoms. The average molecular weight is 271 g/mol. The Morgan fingerprint density at radius 2 is 2.00 bits per heavy atom. The number of nitro groups is 1. The van der Waals surface area contributed by atoms with Gasteiger partial charge in [-0.1, -0.05) is 0 Å². The molecule has 0 aliphatic heterocycles. The van der Waals surface area contributed by atoms with Crippen LogP contribution in [0.4, 0.5) is 5.69 Å². The van der Waals surface area contributed by atoms with Crippen LogP contribution in [-0.2, 0) is 4.74 Å². The number of rotatable bonds is 7. The lowest BCUT2D eigenvalue weighted by molar-refractivity contribution is -0.385. The van der Waals surface area contributed by atoms with E-state index in [2.05, 4.69) is 0 Å². The Bertz CT molecular complexity index is 486. The van der Waals surface area contributed by atoms with E-state index >= 15 is 0 Å². The molecular formula is C11H13NO7. The average Bonchev–Trinajstić information content (AvgIpc) is 2.38. The van der Waals surface area contributed by atoms with E-state index in [1.54, 1.807) is 0 Å². The van der Waals surface area contributed by atoms with Crippen molar-refractivity contribution in [1.29, 1.82) is 0 Å². The molecular weight excluding hydrogens is 258 g/mol. The van der Waals surface area contributed by atoms with Gasteiger partial charge >= 0.3 is 5.97 Å². The number of carbonyl (C=O) groups is 1. The van der Waals surface area contributed by atoms with Crippen molar-refractivity contribution in [1.82, 2.24) is 0 Å². The molecule has 0 fully saturated rings. The van der Waals surface area contributed by atoms with Crippen molar-refractivity contribution >= 4 is 11.7 Å². The maximum atomic E-state index is 10.9. The second-order valence-corrected chi connectivity index (χ2v) is 3.42. The minimum absolute atomic E-state index is 0.0938. The van der Waals surface area contributed by atoms with Crippen LogP contribution in [0.15, 0.2) is 12.1 Å². The van der Waals surface area contributed by atoms with Gasteiger partial charge in [0.25, 0.3) is 5.69 Å². The highest BCUT2D eigenvalue weighted by Gasteiger charge is 2.24. The number of benzene rings is 1. The highest BCUT2D eigenvalue weighted by atomic mass is 16.6. The molecule has 1 aromatic carbocycles. The zero-order chi connectivity index (χ0) is 14.4. The standard InChI is InChI=1S/C11H13NO7/c1-17-3-4-19-10-6-8(12(15)16)7(11(13)14)5-9(10)18-2/h5-6H,3-4H2,1-2H3,(H,13,14). The lowest BCUT2D eigenvalue weighted by Gasteiger charge is -2.11. The molecule has 0 bridgehead atoms. The summed E-state index contributed by atoms with van der Waals surface area (Å²) >= 11 is 0. The SMILES string of the molecule is COCCOc1cc([N+](=O)[O-])c(C(=O)O)cc1OC. The zero-order valence-electron chi connectivity index (χ0n) is 10.4. The quantitative estimate of drug-likeness (QED) is 0.452. The van der Waals surface area contributed by atoms with Crippen LogP contribution in [0, 0.1) is 10.1 Å². The summed E-state index contributed by atoms with van der Waals surface area (Å²) in [5.74, 6) is -1.20. The molecule has 0 saturated heterocycles. The smallest absolute Gasteiger partial charge is 0.342 e. The molecule has 8 nitrogen and oxygen atoms in total. The molecule has 0 amide bonds. The number of carboxylic acid groups (broad SMARTS) is 1. The van der Waals surface area contributed by atoms with E-state index in [9.17, 15) is 14.9 Å². The van der Waals surface area contributed by atoms with E-state index in [1.807, 2.05) is 0 Å². The van der Waals surface area contributed by atoms with Crippen LogP contribution in [0.1, 0.15) is 10.4 Å². The van der Waals surface area contributed by atoms with Gasteiger partial charge in [-0.05, 0) is 0 Å². The predicted octanol–water partition coefficient (Wildman–Crippen LogP) is 1.33. The molecule has 0 atom stereocenters. The first-order chi connectivity index (χ1) is 9.01. The topological polar surface area (TPSA) is 108 Å². The molecule has 0 aromatic heterocycles. The third kappa shape index (κ3) is 3.55. The largest absolute Gasteiger partial charge is 0.493 e. The van der Waals surface area contributed by atoms with Gasteiger partial charge in [0, 0.05) is 13.2 Å². The molecule has 1 N–H and O–H groups in total. The summed E-state index contributed by atoms with van der Waals surface area (Å²) in [7, 11) is 2.80. The van der Waals surface area contributed by atoms with Gasteiger partial charge < -0.3 is 19.3 Å². The van der Waals surface area contributed by atoms with Gasteiger partial charge in [0.15, 0.2) is 11.5 Å². The lowest BCUT2D eigenvalue weighted by Crippen LogP contribution is -2.08. The summed E-state index contributed by atoms with van der Waals surface area (Å²) in [5.41, 5.74) is -1.01. The summed E-state index contributed by atoms with van der Waals surface area (Å²) < 4.78 is 15.0. The number of carboxylic acids is 1. The molecule has 1 aromatic rings. The molecule has 0 aliphatic rings. The van der Waals surface area contributed by atoms with E-state index in [-0.39, 0.29) is 24.7 Å². The highest BCUT2D eigenvalue weighted by molar-refractivity contribution is 5.93. The van der Waals surface area contributed by atoms with Crippen LogP contribution >= 0.6 is 0 Å². The van der Waals surface area contributed by atoms with Gasteiger partial charge in [-0.2, -0.15) is 0 Å². The Balaban J connectivity index is 3.19. The van der Waals surface area contributed by atoms with Crippen LogP contribution in [0.5, 0.6) is 11.5 Å². The molecule has 1 rings (SSSR count). The van der Waals surface area contributed by atoms with E-state index in [4.69, 9.17) is 19.3 Å². The number of hydrogen-bond donors (Lipinski definition) is 1. The number of nitrogens with zero attached hydrogens (tertiary/aromatic N) is 1. The number of hydrogen-bond acceptors (Lipinski definition) is 6. The normalized spacial score (nSPS) is 10.0. The molecule has 0 spiro atoms. The monoisotopic (exact) mass is 271 g/mol. The first-order valence-electron chi connectivity index (χ1n) is 5.22. The fraction of sp³-hybridized carbons (Fsp3) is 0.364. The Kier molecular flexibility index (Phi) is 5.07. The number of nitro benzene ring substituents is 1. The Morgan fingerprint density at radius 3 is 2.47 bits per heavy atom. The van der Waals surface area contributed by atoms with Gasteiger partial charge in [0.1, 0.15) is 12.2 Å². The Labute approximate surface area is 108 Å². The second kappa shape index (κ2) is 6.55. The Morgan fingerprint density at radius 1 is 1.32 bits per heavy atom. The first-order valence-corrected chi connectivity index (χ1v) is 5.22. The molecule has 8 heteroatoms. The fourth-order valence-electron chi connectivity index (χ4n) is 1.38. The molecule has 0 unspecified atom stereocenters. The van der Waals surface area contributed by atoms with Crippen molar-refractivity contribution in [3.63, 3.8) is 0 Å². The van der Waals surface area contributed by atoms with E-state index in [0.717, 1.165) is 12.1 Å². The maximum absolute atomic E-state index is 10.9. The molecule has 0 radical (unpaired) electrons. The Hall–Kier alpha value is -2.35. The third-order valence-corrected chi connectivity index (χ3v) is 2.25. The van der Waals surface area contributed by atoms with Crippen molar-refractivity contribution in [3.05, 3.63) is 27.8 Å². The minimum Gasteiger partial charge on any atom is -0.493 e. The molecule has 0 heterocycles. The maximum Gasteiger partial charge on any atom is 0.342 e. The molecule has 104 valence electrons. The summed E-state index contributed by atoms with van der Waals surface area (Å²) in [4.78, 5) is 21.0. The van der Waals surface area contributed by atoms with Crippen LogP contribution in [-0.4, -0.2) is 43.4 Å². The van der Waals surface area contributed by atoms with Gasteiger partial charge in [-0.3, -0.25) is 10.1 Å². The fourth-order valence-corrected chi connectivity index (χ4v) is 1.38. The van der Waals surface area contributed by atoms with Crippen molar-refractivity contribution in [2.24, 2.45) is 0 Å². The molecule has 0 saturated carbocycles. The van der Waals surface area contributed by atoms with E-state index in [1.165, 1.54) is 14.2 Å². The summed E-state index contributed by atoms with van der Waals surface area (Å²) in [6.45, 7) is 0.452. The first kappa shape index (κ1) is 14.7.